The van der Waals surface area contributed by atoms with Crippen molar-refractivity contribution in [2.45, 2.75) is 39.2 Å². The number of hydrogen-bond donors (Lipinski definition) is 1. The first kappa shape index (κ1) is 14.9. The molecule has 19 heavy (non-hydrogen) atoms. The number of non-ortho nitro benzene ring substituents is 1. The third-order valence-corrected chi connectivity index (χ3v) is 2.78. The van der Waals surface area contributed by atoms with Gasteiger partial charge in [0, 0.05) is 12.1 Å². The fraction of sp³-hybridized carbons (Fsp3) is 0.500. The minimum absolute atomic E-state index is 0.0834. The van der Waals surface area contributed by atoms with Gasteiger partial charge in [-0.2, -0.15) is 0 Å². The van der Waals surface area contributed by atoms with Crippen LogP contribution in [0.15, 0.2) is 18.2 Å². The number of nitrogens with one attached hydrogen (secondary N) is 1. The predicted octanol–water partition coefficient (Wildman–Crippen LogP) is 3.49. The minimum atomic E-state index is -0.642. The van der Waals surface area contributed by atoms with Crippen LogP contribution in [0.5, 0.6) is 0 Å². The molecule has 0 bridgehead atoms. The lowest BCUT2D eigenvalue weighted by atomic mass is 10.1. The molecule has 0 aromatic heterocycles. The Hall–Kier alpha value is -2.18. The van der Waals surface area contributed by atoms with Crippen molar-refractivity contribution in [2.75, 3.05) is 5.32 Å². The van der Waals surface area contributed by atoms with Crippen molar-refractivity contribution in [2.24, 2.45) is 0 Å². The molecule has 0 saturated carbocycles. The Bertz CT molecular complexity index is 476. The van der Waals surface area contributed by atoms with Crippen LogP contribution in [0, 0.1) is 20.2 Å². The lowest BCUT2D eigenvalue weighted by Crippen LogP contribution is -2.15. The number of nitro groups is 2. The summed E-state index contributed by atoms with van der Waals surface area (Å²) in [6.07, 6.45) is 2.97. The summed E-state index contributed by atoms with van der Waals surface area (Å²) in [7, 11) is 0. The molecule has 1 aromatic carbocycles. The normalized spacial score (nSPS) is 11.9. The van der Waals surface area contributed by atoms with E-state index >= 15 is 0 Å². The zero-order valence-corrected chi connectivity index (χ0v) is 11.0. The number of hydrogen-bond acceptors (Lipinski definition) is 5. The number of benzene rings is 1. The monoisotopic (exact) mass is 267 g/mol. The molecule has 0 heterocycles. The molecular formula is C12H17N3O4. The van der Waals surface area contributed by atoms with E-state index in [1.165, 1.54) is 12.1 Å². The van der Waals surface area contributed by atoms with Crippen molar-refractivity contribution < 1.29 is 9.85 Å². The SMILES string of the molecule is CCCCC(C)Nc1ccc([N+](=O)[O-])cc1[N+](=O)[O-]. The summed E-state index contributed by atoms with van der Waals surface area (Å²) in [6, 6.07) is 3.72. The fourth-order valence-electron chi connectivity index (χ4n) is 1.75. The van der Waals surface area contributed by atoms with Gasteiger partial charge in [-0.3, -0.25) is 20.2 Å². The van der Waals surface area contributed by atoms with Gasteiger partial charge < -0.3 is 5.32 Å². The van der Waals surface area contributed by atoms with Crippen molar-refractivity contribution in [3.63, 3.8) is 0 Å². The molecule has 1 N–H and O–H groups in total. The summed E-state index contributed by atoms with van der Waals surface area (Å²) in [4.78, 5) is 20.3. The van der Waals surface area contributed by atoms with Gasteiger partial charge in [0.15, 0.2) is 0 Å². The van der Waals surface area contributed by atoms with Crippen LogP contribution in [-0.2, 0) is 0 Å². The first-order chi connectivity index (χ1) is 8.95. The van der Waals surface area contributed by atoms with Gasteiger partial charge >= 0.3 is 0 Å². The molecule has 0 aliphatic carbocycles. The largest absolute Gasteiger partial charge is 0.377 e. The van der Waals surface area contributed by atoms with Gasteiger partial charge in [0.25, 0.3) is 11.4 Å². The molecule has 0 radical (unpaired) electrons. The third kappa shape index (κ3) is 4.20. The van der Waals surface area contributed by atoms with Crippen molar-refractivity contribution in [1.29, 1.82) is 0 Å². The number of nitrogens with zero attached hydrogens (tertiary/aromatic N) is 2. The van der Waals surface area contributed by atoms with Crippen molar-refractivity contribution >= 4 is 17.1 Å². The van der Waals surface area contributed by atoms with E-state index in [-0.39, 0.29) is 17.4 Å². The van der Waals surface area contributed by atoms with Gasteiger partial charge in [-0.25, -0.2) is 0 Å². The highest BCUT2D eigenvalue weighted by atomic mass is 16.6. The predicted molar refractivity (Wildman–Crippen MR) is 72.4 cm³/mol. The Morgan fingerprint density at radius 3 is 2.47 bits per heavy atom. The van der Waals surface area contributed by atoms with E-state index in [9.17, 15) is 20.2 Å². The number of anilines is 1. The quantitative estimate of drug-likeness (QED) is 0.602. The van der Waals surface area contributed by atoms with E-state index in [4.69, 9.17) is 0 Å². The van der Waals surface area contributed by atoms with Crippen LogP contribution in [0.25, 0.3) is 0 Å². The van der Waals surface area contributed by atoms with E-state index < -0.39 is 9.85 Å². The average Bonchev–Trinajstić information content (AvgIpc) is 2.36. The molecule has 0 saturated heterocycles. The second-order valence-corrected chi connectivity index (χ2v) is 4.40. The molecule has 7 heteroatoms. The smallest absolute Gasteiger partial charge is 0.299 e. The molecule has 0 aliphatic heterocycles. The highest BCUT2D eigenvalue weighted by molar-refractivity contribution is 5.65. The van der Waals surface area contributed by atoms with Gasteiger partial charge in [0.05, 0.1) is 15.9 Å². The topological polar surface area (TPSA) is 98.3 Å². The summed E-state index contributed by atoms with van der Waals surface area (Å²) >= 11 is 0. The van der Waals surface area contributed by atoms with Crippen LogP contribution in [0.3, 0.4) is 0 Å². The Morgan fingerprint density at radius 2 is 1.95 bits per heavy atom. The van der Waals surface area contributed by atoms with Crippen LogP contribution < -0.4 is 5.32 Å². The van der Waals surface area contributed by atoms with Gasteiger partial charge in [-0.15, -0.1) is 0 Å². The molecule has 104 valence electrons. The standard InChI is InChI=1S/C12H17N3O4/c1-3-4-5-9(2)13-11-7-6-10(14(16)17)8-12(11)15(18)19/h6-9,13H,3-5H2,1-2H3. The summed E-state index contributed by atoms with van der Waals surface area (Å²) in [5.41, 5.74) is -0.227. The lowest BCUT2D eigenvalue weighted by Gasteiger charge is -2.14. The first-order valence-electron chi connectivity index (χ1n) is 6.15. The molecule has 1 unspecified atom stereocenters. The maximum atomic E-state index is 10.9. The van der Waals surface area contributed by atoms with Gasteiger partial charge in [0.2, 0.25) is 0 Å². The lowest BCUT2D eigenvalue weighted by molar-refractivity contribution is -0.393. The van der Waals surface area contributed by atoms with Crippen LogP contribution in [-0.4, -0.2) is 15.9 Å². The molecule has 1 aromatic rings. The number of unbranched alkanes of at least 4 members (excludes halogenated alkanes) is 1. The van der Waals surface area contributed by atoms with Gasteiger partial charge in [0.1, 0.15) is 5.69 Å². The highest BCUT2D eigenvalue weighted by Crippen LogP contribution is 2.29. The first-order valence-corrected chi connectivity index (χ1v) is 6.15. The van der Waals surface area contributed by atoms with E-state index in [0.29, 0.717) is 5.69 Å². The van der Waals surface area contributed by atoms with Crippen molar-refractivity contribution in [3.8, 4) is 0 Å². The van der Waals surface area contributed by atoms with Crippen molar-refractivity contribution in [3.05, 3.63) is 38.4 Å². The molecule has 1 rings (SSSR count). The zero-order valence-electron chi connectivity index (χ0n) is 11.0. The maximum Gasteiger partial charge on any atom is 0.299 e. The van der Waals surface area contributed by atoms with E-state index in [0.717, 1.165) is 25.3 Å². The molecular weight excluding hydrogens is 250 g/mol. The summed E-state index contributed by atoms with van der Waals surface area (Å²) in [5.74, 6) is 0. The zero-order chi connectivity index (χ0) is 14.4. The van der Waals surface area contributed by atoms with E-state index in [2.05, 4.69) is 12.2 Å². The Balaban J connectivity index is 2.94. The second kappa shape index (κ2) is 6.67. The van der Waals surface area contributed by atoms with Crippen LogP contribution in [0.4, 0.5) is 17.1 Å². The molecule has 0 fully saturated rings. The molecule has 0 spiro atoms. The third-order valence-electron chi connectivity index (χ3n) is 2.78. The van der Waals surface area contributed by atoms with Crippen LogP contribution >= 0.6 is 0 Å². The van der Waals surface area contributed by atoms with Crippen LogP contribution in [0.1, 0.15) is 33.1 Å². The number of nitro benzene ring substituents is 2. The van der Waals surface area contributed by atoms with Crippen LogP contribution in [0.2, 0.25) is 0 Å². The summed E-state index contributed by atoms with van der Waals surface area (Å²) in [5, 5.41) is 24.6. The number of rotatable bonds is 7. The van der Waals surface area contributed by atoms with E-state index in [1.807, 2.05) is 6.92 Å². The molecule has 0 aliphatic rings. The Labute approximate surface area is 110 Å². The summed E-state index contributed by atoms with van der Waals surface area (Å²) < 4.78 is 0. The highest BCUT2D eigenvalue weighted by Gasteiger charge is 2.20. The molecule has 0 amide bonds. The Kier molecular flexibility index (Phi) is 5.23. The molecule has 7 nitrogen and oxygen atoms in total. The minimum Gasteiger partial charge on any atom is -0.377 e. The van der Waals surface area contributed by atoms with E-state index in [1.54, 1.807) is 0 Å². The summed E-state index contributed by atoms with van der Waals surface area (Å²) in [6.45, 7) is 4.00. The van der Waals surface area contributed by atoms with Gasteiger partial charge in [-0.05, 0) is 19.4 Å². The second-order valence-electron chi connectivity index (χ2n) is 4.40. The average molecular weight is 267 g/mol. The molecule has 1 atom stereocenters. The van der Waals surface area contributed by atoms with Gasteiger partial charge in [-0.1, -0.05) is 19.8 Å². The Morgan fingerprint density at radius 1 is 1.26 bits per heavy atom. The fourth-order valence-corrected chi connectivity index (χ4v) is 1.75. The van der Waals surface area contributed by atoms with Crippen molar-refractivity contribution in [1.82, 2.24) is 0 Å². The maximum absolute atomic E-state index is 10.9.